The van der Waals surface area contributed by atoms with Crippen LogP contribution in [0.5, 0.6) is 0 Å². The molecule has 0 aromatic heterocycles. The number of cyclic esters (lactones) is 1. The predicted octanol–water partition coefficient (Wildman–Crippen LogP) is 0.694. The van der Waals surface area contributed by atoms with E-state index in [0.29, 0.717) is 31.4 Å². The number of sulfonamides is 1. The summed E-state index contributed by atoms with van der Waals surface area (Å²) in [6.07, 6.45) is 1.38. The van der Waals surface area contributed by atoms with E-state index in [1.54, 1.807) is 12.1 Å². The van der Waals surface area contributed by atoms with Gasteiger partial charge in [0.05, 0.1) is 10.3 Å². The molecule has 2 fully saturated rings. The van der Waals surface area contributed by atoms with Crippen LogP contribution in [0.25, 0.3) is 0 Å². The first-order chi connectivity index (χ1) is 13.2. The minimum atomic E-state index is -3.73. The molecule has 2 aliphatic heterocycles. The number of piperidine rings is 1. The molecule has 3 rings (SSSR count). The van der Waals surface area contributed by atoms with E-state index in [0.717, 1.165) is 0 Å². The summed E-state index contributed by atoms with van der Waals surface area (Å²) in [4.78, 5) is 26.3. The first-order valence-corrected chi connectivity index (χ1v) is 10.8. The largest absolute Gasteiger partial charge is 0.461 e. The van der Waals surface area contributed by atoms with Crippen molar-refractivity contribution in [1.82, 2.24) is 14.5 Å². The van der Waals surface area contributed by atoms with Crippen molar-refractivity contribution in [3.05, 3.63) is 29.8 Å². The summed E-state index contributed by atoms with van der Waals surface area (Å²) >= 11 is 0. The van der Waals surface area contributed by atoms with Crippen molar-refractivity contribution >= 4 is 21.9 Å². The van der Waals surface area contributed by atoms with Crippen LogP contribution in [0.1, 0.15) is 29.6 Å². The molecular formula is C19H27N3O5S. The minimum Gasteiger partial charge on any atom is -0.461 e. The molecule has 1 spiro atoms. The number of amides is 1. The lowest BCUT2D eigenvalue weighted by Gasteiger charge is -2.35. The first-order valence-electron chi connectivity index (χ1n) is 9.36. The van der Waals surface area contributed by atoms with Gasteiger partial charge in [0.15, 0.2) is 0 Å². The molecule has 0 saturated carbocycles. The number of likely N-dealkylation sites (N-methyl/N-ethyl adjacent to an activating group) is 1. The molecule has 28 heavy (non-hydrogen) atoms. The summed E-state index contributed by atoms with van der Waals surface area (Å²) < 4.78 is 33.0. The molecule has 9 heteroatoms. The molecule has 2 saturated heterocycles. The summed E-state index contributed by atoms with van der Waals surface area (Å²) in [7, 11) is 1.63. The van der Waals surface area contributed by atoms with Gasteiger partial charge >= 0.3 is 5.97 Å². The van der Waals surface area contributed by atoms with Gasteiger partial charge in [0.25, 0.3) is 5.91 Å². The van der Waals surface area contributed by atoms with Gasteiger partial charge in [-0.05, 0) is 45.1 Å². The van der Waals surface area contributed by atoms with E-state index < -0.39 is 15.4 Å². The van der Waals surface area contributed by atoms with Crippen LogP contribution in [0.3, 0.4) is 0 Å². The Labute approximate surface area is 165 Å². The number of nitrogens with one attached hydrogen (secondary N) is 1. The second-order valence-electron chi connectivity index (χ2n) is 7.79. The lowest BCUT2D eigenvalue weighted by Crippen LogP contribution is -2.45. The van der Waals surface area contributed by atoms with E-state index in [2.05, 4.69) is 5.32 Å². The Bertz CT molecular complexity index is 860. The molecule has 0 aliphatic carbocycles. The van der Waals surface area contributed by atoms with Gasteiger partial charge in [0, 0.05) is 38.7 Å². The molecule has 2 aliphatic rings. The van der Waals surface area contributed by atoms with E-state index in [9.17, 15) is 18.0 Å². The first kappa shape index (κ1) is 20.8. The van der Waals surface area contributed by atoms with Gasteiger partial charge in [-0.3, -0.25) is 9.59 Å². The van der Waals surface area contributed by atoms with E-state index >= 15 is 0 Å². The van der Waals surface area contributed by atoms with Gasteiger partial charge in [-0.1, -0.05) is 6.07 Å². The lowest BCUT2D eigenvalue weighted by atomic mass is 9.76. The summed E-state index contributed by atoms with van der Waals surface area (Å²) in [5, 5.41) is 2.49. The highest BCUT2D eigenvalue weighted by Crippen LogP contribution is 2.44. The standard InChI is InChI=1S/C19H27N3O5S/c1-20-17(23)14-5-4-6-16(11-14)28(25,26)22-9-7-19(8-10-22)12-15(13-21(2)3)27-18(19)24/h4-6,11,15H,7-10,12-13H2,1-3H3,(H,20,23). The molecule has 0 bridgehead atoms. The Morgan fingerprint density at radius 3 is 2.61 bits per heavy atom. The number of hydrogen-bond donors (Lipinski definition) is 1. The van der Waals surface area contributed by atoms with Gasteiger partial charge in [-0.15, -0.1) is 0 Å². The smallest absolute Gasteiger partial charge is 0.312 e. The lowest BCUT2D eigenvalue weighted by molar-refractivity contribution is -0.150. The fourth-order valence-corrected chi connectivity index (χ4v) is 5.49. The highest BCUT2D eigenvalue weighted by atomic mass is 32.2. The van der Waals surface area contributed by atoms with Gasteiger partial charge in [0.1, 0.15) is 6.10 Å². The van der Waals surface area contributed by atoms with Crippen LogP contribution in [-0.2, 0) is 19.6 Å². The molecule has 1 unspecified atom stereocenters. The van der Waals surface area contributed by atoms with Crippen molar-refractivity contribution in [2.45, 2.75) is 30.3 Å². The van der Waals surface area contributed by atoms with Crippen LogP contribution >= 0.6 is 0 Å². The van der Waals surface area contributed by atoms with Crippen LogP contribution < -0.4 is 5.32 Å². The van der Waals surface area contributed by atoms with E-state index in [1.165, 1.54) is 23.5 Å². The van der Waals surface area contributed by atoms with E-state index in [1.807, 2.05) is 19.0 Å². The maximum absolute atomic E-state index is 13.0. The van der Waals surface area contributed by atoms with Crippen LogP contribution in [0.15, 0.2) is 29.2 Å². The third kappa shape index (κ3) is 3.92. The molecule has 0 radical (unpaired) electrons. The Balaban J connectivity index is 1.72. The third-order valence-electron chi connectivity index (χ3n) is 5.53. The van der Waals surface area contributed by atoms with E-state index in [4.69, 9.17) is 4.74 Å². The zero-order chi connectivity index (χ0) is 20.5. The van der Waals surface area contributed by atoms with Crippen molar-refractivity contribution < 1.29 is 22.7 Å². The molecule has 8 nitrogen and oxygen atoms in total. The Morgan fingerprint density at radius 2 is 2.00 bits per heavy atom. The van der Waals surface area contributed by atoms with E-state index in [-0.39, 0.29) is 36.0 Å². The maximum Gasteiger partial charge on any atom is 0.312 e. The number of carbonyl (C=O) groups excluding carboxylic acids is 2. The molecule has 2 heterocycles. The number of nitrogens with zero attached hydrogens (tertiary/aromatic N) is 2. The SMILES string of the molecule is CNC(=O)c1cccc(S(=O)(=O)N2CCC3(CC2)CC(CN(C)C)OC3=O)c1. The van der Waals surface area contributed by atoms with Crippen molar-refractivity contribution in [1.29, 1.82) is 0 Å². The molecule has 1 N–H and O–H groups in total. The third-order valence-corrected chi connectivity index (χ3v) is 7.43. The quantitative estimate of drug-likeness (QED) is 0.719. The summed E-state index contributed by atoms with van der Waals surface area (Å²) in [5.41, 5.74) is -0.292. The van der Waals surface area contributed by atoms with Gasteiger partial charge in [-0.25, -0.2) is 8.42 Å². The number of rotatable bonds is 5. The Hall–Kier alpha value is -1.97. The van der Waals surface area contributed by atoms with Crippen LogP contribution in [0.2, 0.25) is 0 Å². The van der Waals surface area contributed by atoms with Crippen molar-refractivity contribution in [3.8, 4) is 0 Å². The second kappa shape index (κ2) is 7.81. The maximum atomic E-state index is 13.0. The Morgan fingerprint density at radius 1 is 1.32 bits per heavy atom. The number of hydrogen-bond acceptors (Lipinski definition) is 6. The monoisotopic (exact) mass is 409 g/mol. The average Bonchev–Trinajstić information content (AvgIpc) is 2.95. The summed E-state index contributed by atoms with van der Waals surface area (Å²) in [6.45, 7) is 1.19. The number of esters is 1. The topological polar surface area (TPSA) is 96.0 Å². The van der Waals surface area contributed by atoms with Crippen LogP contribution in [-0.4, -0.2) is 76.4 Å². The molecule has 154 valence electrons. The summed E-state index contributed by atoms with van der Waals surface area (Å²) in [6, 6.07) is 6.00. The minimum absolute atomic E-state index is 0.0871. The molecule has 1 atom stereocenters. The number of carbonyl (C=O) groups is 2. The zero-order valence-corrected chi connectivity index (χ0v) is 17.3. The fraction of sp³-hybridized carbons (Fsp3) is 0.579. The van der Waals surface area contributed by atoms with Gasteiger partial charge < -0.3 is 15.0 Å². The molecular weight excluding hydrogens is 382 g/mol. The van der Waals surface area contributed by atoms with Crippen molar-refractivity contribution in [3.63, 3.8) is 0 Å². The fourth-order valence-electron chi connectivity index (χ4n) is 4.00. The van der Waals surface area contributed by atoms with Gasteiger partial charge in [0.2, 0.25) is 10.0 Å². The second-order valence-corrected chi connectivity index (χ2v) is 9.72. The molecule has 1 aromatic carbocycles. The number of ether oxygens (including phenoxy) is 1. The highest BCUT2D eigenvalue weighted by Gasteiger charge is 2.51. The Kier molecular flexibility index (Phi) is 5.79. The highest BCUT2D eigenvalue weighted by molar-refractivity contribution is 7.89. The van der Waals surface area contributed by atoms with Gasteiger partial charge in [-0.2, -0.15) is 4.31 Å². The van der Waals surface area contributed by atoms with Crippen molar-refractivity contribution in [2.24, 2.45) is 5.41 Å². The normalized spacial score (nSPS) is 22.4. The molecule has 1 aromatic rings. The number of benzene rings is 1. The van der Waals surface area contributed by atoms with Crippen molar-refractivity contribution in [2.75, 3.05) is 40.8 Å². The average molecular weight is 410 g/mol. The molecule has 1 amide bonds. The summed E-state index contributed by atoms with van der Waals surface area (Å²) in [5.74, 6) is -0.548. The zero-order valence-electron chi connectivity index (χ0n) is 16.5. The van der Waals surface area contributed by atoms with Crippen LogP contribution in [0.4, 0.5) is 0 Å². The van der Waals surface area contributed by atoms with Crippen LogP contribution in [0, 0.1) is 5.41 Å². The predicted molar refractivity (Wildman–Crippen MR) is 103 cm³/mol.